The minimum atomic E-state index is -2.75. The van der Waals surface area contributed by atoms with Crippen LogP contribution in [0.4, 0.5) is 5.69 Å². The van der Waals surface area contributed by atoms with Crippen LogP contribution in [0.15, 0.2) is 72.3 Å². The lowest BCUT2D eigenvalue weighted by Gasteiger charge is -2.24. The second kappa shape index (κ2) is 5.77. The predicted molar refractivity (Wildman–Crippen MR) is 105 cm³/mol. The van der Waals surface area contributed by atoms with Gasteiger partial charge in [-0.25, -0.2) is 4.90 Å². The Morgan fingerprint density at radius 2 is 1.48 bits per heavy atom. The van der Waals surface area contributed by atoms with Gasteiger partial charge in [-0.2, -0.15) is 0 Å². The van der Waals surface area contributed by atoms with Crippen LogP contribution in [0.3, 0.4) is 0 Å². The molecule has 1 unspecified atom stereocenters. The second-order valence-corrected chi connectivity index (χ2v) is 10.9. The Morgan fingerprint density at radius 1 is 0.889 bits per heavy atom. The van der Waals surface area contributed by atoms with Crippen LogP contribution in [0.1, 0.15) is 12.5 Å². The van der Waals surface area contributed by atoms with Crippen molar-refractivity contribution in [2.75, 3.05) is 4.90 Å². The Hall–Kier alpha value is -2.45. The third-order valence-corrected chi connectivity index (χ3v) is 10.3. The fourth-order valence-electron chi connectivity index (χ4n) is 5.26. The number of amides is 2. The average Bonchev–Trinajstić information content (AvgIpc) is 3.17. The smallest absolute Gasteiger partial charge is 0.238 e. The average molecular weight is 377 g/mol. The number of hydrogen-bond donors (Lipinski definition) is 0. The molecule has 2 bridgehead atoms. The van der Waals surface area contributed by atoms with Crippen molar-refractivity contribution in [2.24, 2.45) is 11.8 Å². The van der Waals surface area contributed by atoms with E-state index in [1.807, 2.05) is 61.5 Å². The van der Waals surface area contributed by atoms with E-state index in [0.717, 1.165) is 11.1 Å². The minimum absolute atomic E-state index is 0.190. The minimum Gasteiger partial charge on any atom is -0.322 e. The van der Waals surface area contributed by atoms with Crippen LogP contribution in [-0.2, 0) is 20.3 Å². The highest BCUT2D eigenvalue weighted by molar-refractivity contribution is 7.66. The number of allylic oxidation sites excluding steroid dienone is 2. The first-order chi connectivity index (χ1) is 13.0. The monoisotopic (exact) mass is 377 g/mol. The topological polar surface area (TPSA) is 54.5 Å². The maximum Gasteiger partial charge on any atom is 0.238 e. The summed E-state index contributed by atoms with van der Waals surface area (Å²) in [6.07, 6.45) is 2.46. The van der Waals surface area contributed by atoms with Gasteiger partial charge in [-0.1, -0.05) is 60.2 Å². The summed E-state index contributed by atoms with van der Waals surface area (Å²) in [5, 5.41) is 0. The number of hydrogen-bond acceptors (Lipinski definition) is 3. The van der Waals surface area contributed by atoms with Gasteiger partial charge >= 0.3 is 0 Å². The molecule has 0 radical (unpaired) electrons. The van der Waals surface area contributed by atoms with E-state index in [1.165, 1.54) is 4.90 Å². The van der Waals surface area contributed by atoms with Crippen molar-refractivity contribution in [3.8, 4) is 0 Å². The number of anilines is 1. The molecular formula is C22H20NO3P. The van der Waals surface area contributed by atoms with E-state index in [2.05, 4.69) is 0 Å². The lowest BCUT2D eigenvalue weighted by Crippen LogP contribution is -2.34. The molecule has 2 amide bonds. The van der Waals surface area contributed by atoms with E-state index in [1.54, 1.807) is 12.1 Å². The summed E-state index contributed by atoms with van der Waals surface area (Å²) < 4.78 is 14.1. The zero-order valence-electron chi connectivity index (χ0n) is 15.0. The van der Waals surface area contributed by atoms with E-state index in [9.17, 15) is 14.2 Å². The van der Waals surface area contributed by atoms with E-state index in [0.29, 0.717) is 11.8 Å². The van der Waals surface area contributed by atoms with Crippen molar-refractivity contribution < 1.29 is 14.2 Å². The molecule has 0 N–H and O–H groups in total. The normalized spacial score (nSPS) is 34.1. The quantitative estimate of drug-likeness (QED) is 0.460. The molecule has 3 aliphatic heterocycles. The van der Waals surface area contributed by atoms with Crippen LogP contribution in [0.2, 0.25) is 0 Å². The summed E-state index contributed by atoms with van der Waals surface area (Å²) in [5.41, 5.74) is 2.00. The van der Waals surface area contributed by atoms with Gasteiger partial charge in [0.05, 0.1) is 17.5 Å². The summed E-state index contributed by atoms with van der Waals surface area (Å²) >= 11 is 0. The Labute approximate surface area is 158 Å². The van der Waals surface area contributed by atoms with Gasteiger partial charge in [-0.3, -0.25) is 9.59 Å². The van der Waals surface area contributed by atoms with Crippen molar-refractivity contribution in [3.63, 3.8) is 0 Å². The highest BCUT2D eigenvalue weighted by Crippen LogP contribution is 2.76. The number of fused-ring (bicyclic) bond motifs is 5. The predicted octanol–water partition coefficient (Wildman–Crippen LogP) is 4.07. The lowest BCUT2D eigenvalue weighted by molar-refractivity contribution is -0.122. The molecule has 0 aliphatic carbocycles. The van der Waals surface area contributed by atoms with Gasteiger partial charge in [0.1, 0.15) is 7.14 Å². The number of carbonyl (C=O) groups excluding carboxylic acids is 2. The Kier molecular flexibility index (Phi) is 3.57. The molecule has 0 aromatic heterocycles. The number of benzene rings is 2. The molecule has 2 saturated heterocycles. The number of rotatable bonds is 3. The summed E-state index contributed by atoms with van der Waals surface area (Å²) in [7, 11) is -2.75. The van der Waals surface area contributed by atoms with Crippen molar-refractivity contribution in [2.45, 2.75) is 24.4 Å². The van der Waals surface area contributed by atoms with Gasteiger partial charge in [0.2, 0.25) is 11.8 Å². The van der Waals surface area contributed by atoms with Gasteiger partial charge in [-0.15, -0.1) is 0 Å². The zero-order chi connectivity index (χ0) is 18.8. The molecule has 3 heterocycles. The van der Waals surface area contributed by atoms with E-state index in [4.69, 9.17) is 0 Å². The number of imide groups is 1. The maximum absolute atomic E-state index is 14.1. The summed E-state index contributed by atoms with van der Waals surface area (Å²) in [6.45, 7) is 1.96. The van der Waals surface area contributed by atoms with Gasteiger partial charge < -0.3 is 4.57 Å². The van der Waals surface area contributed by atoms with Crippen LogP contribution < -0.4 is 4.90 Å². The molecule has 4 nitrogen and oxygen atoms in total. The third-order valence-electron chi connectivity index (χ3n) is 6.27. The first kappa shape index (κ1) is 16.7. The van der Waals surface area contributed by atoms with Crippen LogP contribution in [0.5, 0.6) is 0 Å². The van der Waals surface area contributed by atoms with E-state index < -0.39 is 19.0 Å². The fraction of sp³-hybridized carbons (Fsp3) is 0.273. The van der Waals surface area contributed by atoms with Crippen LogP contribution in [0.25, 0.3) is 0 Å². The molecule has 3 aliphatic rings. The lowest BCUT2D eigenvalue weighted by atomic mass is 9.82. The molecule has 2 aromatic carbocycles. The molecule has 0 saturated carbocycles. The van der Waals surface area contributed by atoms with E-state index >= 15 is 0 Å². The van der Waals surface area contributed by atoms with Crippen molar-refractivity contribution in [1.82, 2.24) is 0 Å². The molecule has 0 spiro atoms. The number of para-hydroxylation sites is 1. The summed E-state index contributed by atoms with van der Waals surface area (Å²) in [4.78, 5) is 27.7. The van der Waals surface area contributed by atoms with Gasteiger partial charge in [-0.05, 0) is 24.6 Å². The zero-order valence-corrected chi connectivity index (χ0v) is 15.9. The highest BCUT2D eigenvalue weighted by Gasteiger charge is 2.69. The second-order valence-electron chi connectivity index (χ2n) is 7.74. The largest absolute Gasteiger partial charge is 0.322 e. The Morgan fingerprint density at radius 3 is 2.15 bits per heavy atom. The van der Waals surface area contributed by atoms with Crippen LogP contribution in [0, 0.1) is 11.8 Å². The Bertz CT molecular complexity index is 1010. The standard InChI is InChI=1S/C22H20NO3P/c1-14-12-17-18-19(20(14)27(17,26)13-15-8-4-2-5-9-15)22(25)23(21(18)24)16-10-6-3-7-11-16/h2-12,17-20H,13H2,1H3/t17-,18+,19+,20+,27?/m0/s1. The number of nitrogens with zero attached hydrogens (tertiary/aromatic N) is 1. The summed E-state index contributed by atoms with van der Waals surface area (Å²) in [6, 6.07) is 18.8. The van der Waals surface area contributed by atoms with Crippen molar-refractivity contribution in [3.05, 3.63) is 77.9 Å². The fourth-order valence-corrected chi connectivity index (χ4v) is 9.80. The summed E-state index contributed by atoms with van der Waals surface area (Å²) in [5.74, 6) is -1.35. The van der Waals surface area contributed by atoms with Crippen LogP contribution in [-0.4, -0.2) is 23.1 Å². The first-order valence-electron chi connectivity index (χ1n) is 9.26. The molecule has 2 fully saturated rings. The van der Waals surface area contributed by atoms with Crippen molar-refractivity contribution in [1.29, 1.82) is 0 Å². The maximum atomic E-state index is 14.1. The van der Waals surface area contributed by atoms with Crippen LogP contribution >= 0.6 is 7.14 Å². The van der Waals surface area contributed by atoms with Crippen molar-refractivity contribution >= 4 is 24.6 Å². The molecular weight excluding hydrogens is 357 g/mol. The molecule has 2 aromatic rings. The third kappa shape index (κ3) is 2.20. The Balaban J connectivity index is 1.55. The molecule has 5 heteroatoms. The highest BCUT2D eigenvalue weighted by atomic mass is 31.2. The van der Waals surface area contributed by atoms with Gasteiger partial charge in [0, 0.05) is 17.5 Å². The van der Waals surface area contributed by atoms with Gasteiger partial charge in [0.15, 0.2) is 0 Å². The van der Waals surface area contributed by atoms with E-state index in [-0.39, 0.29) is 23.1 Å². The molecule has 136 valence electrons. The first-order valence-corrected chi connectivity index (χ1v) is 11.3. The molecule has 27 heavy (non-hydrogen) atoms. The molecule has 5 atom stereocenters. The molecule has 5 rings (SSSR count). The number of carbonyl (C=O) groups is 2. The SMILES string of the molecule is CC1=C[C@H]2[C@H]3C(=O)N(c4ccccc4)C(=O)[C@H]3[C@@H]1P2(=O)Cc1ccccc1. The van der Waals surface area contributed by atoms with Gasteiger partial charge in [0.25, 0.3) is 0 Å².